The third-order valence-corrected chi connectivity index (χ3v) is 7.64. The Labute approximate surface area is 216 Å². The number of carbonyl (C=O) groups is 3. The van der Waals surface area contributed by atoms with Crippen molar-refractivity contribution in [2.45, 2.75) is 62.4 Å². The van der Waals surface area contributed by atoms with Gasteiger partial charge in [0.2, 0.25) is 5.78 Å². The number of fused-ring (bicyclic) bond motifs is 3. The minimum absolute atomic E-state index is 0.00442. The number of phenols is 2. The second-order valence-corrected chi connectivity index (χ2v) is 9.84. The molecule has 12 heteroatoms. The molecular formula is C26H27NO11. The van der Waals surface area contributed by atoms with Gasteiger partial charge in [-0.2, -0.15) is 0 Å². The lowest BCUT2D eigenvalue weighted by atomic mass is 9.73. The van der Waals surface area contributed by atoms with Crippen molar-refractivity contribution in [3.8, 4) is 17.2 Å². The van der Waals surface area contributed by atoms with E-state index in [2.05, 4.69) is 0 Å². The SMILES string of the molecule is COc1cccc2c1C(=O)c1c(O)c3c(c(O)c1C2=O)C[C@@](O)(C(=O)O)[C@H](OC1CC(N)[C@H](O)C(C)O1)C3. The maximum atomic E-state index is 13.5. The molecule has 2 aromatic carbocycles. The molecule has 0 spiro atoms. The standard InChI is InChI=1S/C26H27NO11/c1-9-20(28)13(27)7-16(37-9)38-15-6-11-12(8-26(15,35)25(33)34)23(31)18-19(22(11)30)24(32)17-10(21(18)29)4-3-5-14(17)36-2/h3-5,9,13,15-16,20,28,30-31,35H,6-8,27H2,1-2H3,(H,33,34)/t9?,13?,15-,16?,20-,26+/m1/s1. The molecule has 2 aliphatic carbocycles. The summed E-state index contributed by atoms with van der Waals surface area (Å²) in [6, 6.07) is 3.61. The molecule has 202 valence electrons. The van der Waals surface area contributed by atoms with Gasteiger partial charge in [0, 0.05) is 42.0 Å². The third-order valence-electron chi connectivity index (χ3n) is 7.64. The predicted octanol–water partition coefficient (Wildman–Crippen LogP) is 0.00440. The van der Waals surface area contributed by atoms with Crippen molar-refractivity contribution < 1.29 is 54.1 Å². The number of methoxy groups -OCH3 is 1. The Bertz CT molecular complexity index is 1360. The van der Waals surface area contributed by atoms with Crippen molar-refractivity contribution in [2.75, 3.05) is 7.11 Å². The molecule has 2 aromatic rings. The number of carboxylic acids is 1. The van der Waals surface area contributed by atoms with Crippen molar-refractivity contribution in [3.05, 3.63) is 51.6 Å². The van der Waals surface area contributed by atoms with Gasteiger partial charge in [-0.1, -0.05) is 12.1 Å². The summed E-state index contributed by atoms with van der Waals surface area (Å²) in [7, 11) is 1.32. The summed E-state index contributed by atoms with van der Waals surface area (Å²) >= 11 is 0. The largest absolute Gasteiger partial charge is 0.507 e. The average molecular weight is 529 g/mol. The highest BCUT2D eigenvalue weighted by atomic mass is 16.7. The quantitative estimate of drug-likeness (QED) is 0.247. The monoisotopic (exact) mass is 529 g/mol. The number of nitrogens with two attached hydrogens (primary N) is 1. The first-order chi connectivity index (χ1) is 17.9. The topological polar surface area (TPSA) is 206 Å². The van der Waals surface area contributed by atoms with Crippen LogP contribution in [-0.2, 0) is 27.1 Å². The van der Waals surface area contributed by atoms with Crippen molar-refractivity contribution in [3.63, 3.8) is 0 Å². The number of hydrogen-bond donors (Lipinski definition) is 6. The fourth-order valence-electron chi connectivity index (χ4n) is 5.53. The molecule has 1 heterocycles. The highest BCUT2D eigenvalue weighted by Crippen LogP contribution is 2.48. The number of aliphatic hydroxyl groups is 2. The molecule has 38 heavy (non-hydrogen) atoms. The molecule has 1 aliphatic heterocycles. The molecule has 1 fully saturated rings. The molecule has 0 amide bonds. The number of aliphatic hydroxyl groups excluding tert-OH is 1. The molecule has 0 bridgehead atoms. The first-order valence-corrected chi connectivity index (χ1v) is 12.0. The van der Waals surface area contributed by atoms with Crippen LogP contribution in [0.2, 0.25) is 0 Å². The summed E-state index contributed by atoms with van der Waals surface area (Å²) in [4.78, 5) is 39.1. The summed E-state index contributed by atoms with van der Waals surface area (Å²) < 4.78 is 16.7. The zero-order valence-electron chi connectivity index (χ0n) is 20.5. The summed E-state index contributed by atoms with van der Waals surface area (Å²) in [5.74, 6) is -4.43. The average Bonchev–Trinajstić information content (AvgIpc) is 2.88. The van der Waals surface area contributed by atoms with Crippen molar-refractivity contribution >= 4 is 17.5 Å². The van der Waals surface area contributed by atoms with E-state index in [-0.39, 0.29) is 34.4 Å². The smallest absolute Gasteiger partial charge is 0.338 e. The van der Waals surface area contributed by atoms with Gasteiger partial charge in [0.15, 0.2) is 17.7 Å². The van der Waals surface area contributed by atoms with Crippen molar-refractivity contribution in [1.82, 2.24) is 0 Å². The molecule has 1 saturated heterocycles. The minimum Gasteiger partial charge on any atom is -0.507 e. The second-order valence-electron chi connectivity index (χ2n) is 9.84. The van der Waals surface area contributed by atoms with Crippen LogP contribution < -0.4 is 10.5 Å². The maximum absolute atomic E-state index is 13.5. The molecule has 3 unspecified atom stereocenters. The molecule has 0 saturated carbocycles. The van der Waals surface area contributed by atoms with Crippen LogP contribution in [0.15, 0.2) is 18.2 Å². The van der Waals surface area contributed by atoms with Gasteiger partial charge in [-0.15, -0.1) is 0 Å². The Morgan fingerprint density at radius 3 is 2.39 bits per heavy atom. The summed E-state index contributed by atoms with van der Waals surface area (Å²) in [5.41, 5.74) is 2.04. The summed E-state index contributed by atoms with van der Waals surface area (Å²) in [6.07, 6.45) is -5.50. The Kier molecular flexibility index (Phi) is 6.20. The van der Waals surface area contributed by atoms with Gasteiger partial charge in [-0.25, -0.2) is 4.79 Å². The van der Waals surface area contributed by atoms with Crippen molar-refractivity contribution in [2.24, 2.45) is 5.73 Å². The first kappa shape index (κ1) is 26.1. The number of aliphatic carboxylic acids is 1. The molecule has 12 nitrogen and oxygen atoms in total. The fraction of sp³-hybridized carbons (Fsp3) is 0.423. The Hall–Kier alpha value is -3.55. The Morgan fingerprint density at radius 2 is 1.76 bits per heavy atom. The van der Waals surface area contributed by atoms with Crippen LogP contribution in [0.1, 0.15) is 56.3 Å². The fourth-order valence-corrected chi connectivity index (χ4v) is 5.53. The second kappa shape index (κ2) is 9.03. The lowest BCUT2D eigenvalue weighted by Gasteiger charge is -2.42. The van der Waals surface area contributed by atoms with Gasteiger partial charge < -0.3 is 45.5 Å². The van der Waals surface area contributed by atoms with Gasteiger partial charge in [0.05, 0.1) is 36.0 Å². The number of aromatic hydroxyl groups is 2. The molecule has 0 aromatic heterocycles. The van der Waals surface area contributed by atoms with E-state index in [1.807, 2.05) is 0 Å². The highest BCUT2D eigenvalue weighted by Gasteiger charge is 2.53. The third kappa shape index (κ3) is 3.68. The lowest BCUT2D eigenvalue weighted by molar-refractivity contribution is -0.264. The number of benzene rings is 2. The molecule has 3 aliphatic rings. The van der Waals surface area contributed by atoms with E-state index in [9.17, 15) is 39.9 Å². The van der Waals surface area contributed by atoms with Crippen LogP contribution in [0, 0.1) is 0 Å². The van der Waals surface area contributed by atoms with E-state index in [0.29, 0.717) is 0 Å². The first-order valence-electron chi connectivity index (χ1n) is 12.0. The van der Waals surface area contributed by atoms with Crippen LogP contribution in [-0.4, -0.2) is 86.4 Å². The van der Waals surface area contributed by atoms with Crippen molar-refractivity contribution in [1.29, 1.82) is 0 Å². The lowest BCUT2D eigenvalue weighted by Crippen LogP contribution is -2.59. The number of rotatable bonds is 4. The minimum atomic E-state index is -2.60. The van der Waals surface area contributed by atoms with E-state index < -0.39 is 89.2 Å². The highest BCUT2D eigenvalue weighted by molar-refractivity contribution is 6.31. The summed E-state index contributed by atoms with van der Waals surface area (Å²) in [6.45, 7) is 1.56. The number of ether oxygens (including phenoxy) is 3. The predicted molar refractivity (Wildman–Crippen MR) is 127 cm³/mol. The van der Waals surface area contributed by atoms with Gasteiger partial charge in [-0.3, -0.25) is 9.59 Å². The normalized spacial score (nSPS) is 30.3. The Morgan fingerprint density at radius 1 is 1.11 bits per heavy atom. The van der Waals surface area contributed by atoms with Gasteiger partial charge in [0.1, 0.15) is 23.4 Å². The molecule has 6 atom stereocenters. The summed E-state index contributed by atoms with van der Waals surface area (Å²) in [5, 5.41) is 53.6. The number of carbonyl (C=O) groups excluding carboxylic acids is 2. The van der Waals surface area contributed by atoms with Gasteiger partial charge in [-0.05, 0) is 13.0 Å². The van der Waals surface area contributed by atoms with Gasteiger partial charge in [0.25, 0.3) is 0 Å². The zero-order valence-corrected chi connectivity index (χ0v) is 20.5. The maximum Gasteiger partial charge on any atom is 0.338 e. The zero-order chi connectivity index (χ0) is 27.7. The molecule has 5 rings (SSSR count). The van der Waals surface area contributed by atoms with Gasteiger partial charge >= 0.3 is 5.97 Å². The number of carboxylic acid groups (broad SMARTS) is 1. The van der Waals surface area contributed by atoms with E-state index >= 15 is 0 Å². The van der Waals surface area contributed by atoms with E-state index in [1.165, 1.54) is 25.3 Å². The Balaban J connectivity index is 1.61. The molecule has 0 radical (unpaired) electrons. The van der Waals surface area contributed by atoms with Crippen LogP contribution >= 0.6 is 0 Å². The van der Waals surface area contributed by atoms with Crippen LogP contribution in [0.5, 0.6) is 17.2 Å². The number of ketones is 2. The van der Waals surface area contributed by atoms with Crippen LogP contribution in [0.3, 0.4) is 0 Å². The van der Waals surface area contributed by atoms with E-state index in [1.54, 1.807) is 6.92 Å². The molecule has 7 N–H and O–H groups in total. The van der Waals surface area contributed by atoms with E-state index in [4.69, 9.17) is 19.9 Å². The van der Waals surface area contributed by atoms with Crippen LogP contribution in [0.25, 0.3) is 0 Å². The number of phenolic OH excluding ortho intramolecular Hbond substituents is 2. The van der Waals surface area contributed by atoms with E-state index in [0.717, 1.165) is 0 Å². The van der Waals surface area contributed by atoms with Crippen LogP contribution in [0.4, 0.5) is 0 Å². The molecular weight excluding hydrogens is 502 g/mol. The number of hydrogen-bond acceptors (Lipinski definition) is 11.